The molecule has 0 aliphatic rings. The summed E-state index contributed by atoms with van der Waals surface area (Å²) in [6, 6.07) is 0. The van der Waals surface area contributed by atoms with Gasteiger partial charge in [-0.15, -0.1) is 0 Å². The number of rotatable bonds is 2. The van der Waals surface area contributed by atoms with Crippen LogP contribution in [-0.4, -0.2) is 5.16 Å². The van der Waals surface area contributed by atoms with Crippen LogP contribution >= 0.6 is 22.8 Å². The second-order valence-corrected chi connectivity index (χ2v) is 5.06. The molecule has 0 fully saturated rings. The fourth-order valence-electron chi connectivity index (χ4n) is 0.0668. The monoisotopic (exact) mass is 182 g/mol. The van der Waals surface area contributed by atoms with E-state index in [4.69, 9.17) is 0 Å². The van der Waals surface area contributed by atoms with Crippen molar-refractivity contribution in [3.63, 3.8) is 0 Å². The Morgan fingerprint density at radius 2 is 2.00 bits per heavy atom. The average Bonchev–Trinajstić information content (AvgIpc) is 1.68. The fraction of sp³-hybridized carbons (Fsp3) is 1.00. The van der Waals surface area contributed by atoms with Crippen molar-refractivity contribution in [1.82, 2.24) is 0 Å². The lowest BCUT2D eigenvalue weighted by molar-refractivity contribution is 0.684. The Balaban J connectivity index is 3.36. The van der Waals surface area contributed by atoms with Crippen LogP contribution in [0, 0.1) is 0 Å². The van der Waals surface area contributed by atoms with Gasteiger partial charge in [0.15, 0.2) is 0 Å². The van der Waals surface area contributed by atoms with Crippen LogP contribution in [0.2, 0.25) is 0 Å². The molecular formula is C5H12BrP. The van der Waals surface area contributed by atoms with E-state index in [2.05, 4.69) is 36.3 Å². The first-order valence-corrected chi connectivity index (χ1v) is 5.76. The first-order valence-electron chi connectivity index (χ1n) is 2.50. The number of hydrogen-bond donors (Lipinski definition) is 0. The van der Waals surface area contributed by atoms with Gasteiger partial charge in [0.1, 0.15) is 0 Å². The third-order valence-corrected chi connectivity index (χ3v) is 5.22. The summed E-state index contributed by atoms with van der Waals surface area (Å²) < 4.78 is 0. The molecule has 0 saturated carbocycles. The smallest absolute Gasteiger partial charge is 0.00829 e. The van der Waals surface area contributed by atoms with Crippen molar-refractivity contribution in [3.8, 4) is 0 Å². The van der Waals surface area contributed by atoms with Gasteiger partial charge in [-0.3, -0.25) is 0 Å². The minimum Gasteiger partial charge on any atom is -0.0645 e. The predicted molar refractivity (Wildman–Crippen MR) is 41.6 cm³/mol. The van der Waals surface area contributed by atoms with Gasteiger partial charge in [0.05, 0.1) is 0 Å². The predicted octanol–water partition coefficient (Wildman–Crippen LogP) is 3.16. The topological polar surface area (TPSA) is 0 Å². The number of hydrogen-bond acceptors (Lipinski definition) is 0. The van der Waals surface area contributed by atoms with Crippen LogP contribution in [0.25, 0.3) is 0 Å². The zero-order valence-corrected chi connectivity index (χ0v) is 7.67. The molecule has 0 rings (SSSR count). The summed E-state index contributed by atoms with van der Waals surface area (Å²) in [5.74, 6) is 0. The molecule has 0 amide bonds. The van der Waals surface area contributed by atoms with Crippen LogP contribution < -0.4 is 0 Å². The summed E-state index contributed by atoms with van der Waals surface area (Å²) in [6.45, 7) is 6.74. The summed E-state index contributed by atoms with van der Waals surface area (Å²) in [4.78, 5) is 0. The lowest BCUT2D eigenvalue weighted by atomic mass is 10.1. The molecule has 0 bridgehead atoms. The standard InChI is InChI=1S/C5H12BrP/c1-4-5(2,3)7-6/h7H,4H2,1-3H3. The molecule has 1 unspecified atom stereocenters. The SMILES string of the molecule is CCC(C)(C)PBr. The Bertz CT molecular complexity index is 46.0. The van der Waals surface area contributed by atoms with Gasteiger partial charge in [0.25, 0.3) is 0 Å². The highest BCUT2D eigenvalue weighted by Gasteiger charge is 2.11. The van der Waals surface area contributed by atoms with E-state index in [0.717, 1.165) is 7.28 Å². The zero-order valence-electron chi connectivity index (χ0n) is 5.09. The van der Waals surface area contributed by atoms with Gasteiger partial charge in [-0.1, -0.05) is 36.3 Å². The largest absolute Gasteiger partial charge is 0.0645 e. The highest BCUT2D eigenvalue weighted by Crippen LogP contribution is 2.39. The van der Waals surface area contributed by atoms with Crippen LogP contribution in [-0.2, 0) is 0 Å². The van der Waals surface area contributed by atoms with Gasteiger partial charge in [0.2, 0.25) is 0 Å². The van der Waals surface area contributed by atoms with E-state index in [1.807, 2.05) is 0 Å². The summed E-state index contributed by atoms with van der Waals surface area (Å²) in [7, 11) is 0.897. The van der Waals surface area contributed by atoms with Crippen molar-refractivity contribution in [2.24, 2.45) is 0 Å². The van der Waals surface area contributed by atoms with Crippen molar-refractivity contribution in [1.29, 1.82) is 0 Å². The summed E-state index contributed by atoms with van der Waals surface area (Å²) in [6.07, 6.45) is 1.26. The molecule has 0 nitrogen and oxygen atoms in total. The molecule has 0 N–H and O–H groups in total. The highest BCUT2D eigenvalue weighted by molar-refractivity contribution is 9.37. The Labute approximate surface area is 55.6 Å². The minimum absolute atomic E-state index is 0.528. The van der Waals surface area contributed by atoms with Gasteiger partial charge in [0, 0.05) is 0 Å². The molecule has 2 heteroatoms. The van der Waals surface area contributed by atoms with Crippen LogP contribution in [0.3, 0.4) is 0 Å². The Kier molecular flexibility index (Phi) is 3.44. The first-order chi connectivity index (χ1) is 3.12. The molecule has 0 heterocycles. The normalized spacial score (nSPS) is 13.7. The first kappa shape index (κ1) is 7.91. The maximum atomic E-state index is 3.46. The van der Waals surface area contributed by atoms with E-state index >= 15 is 0 Å². The molecule has 0 radical (unpaired) electrons. The minimum atomic E-state index is 0.528. The van der Waals surface area contributed by atoms with Crippen molar-refractivity contribution in [2.75, 3.05) is 0 Å². The molecular weight excluding hydrogens is 171 g/mol. The van der Waals surface area contributed by atoms with Crippen molar-refractivity contribution >= 4 is 22.8 Å². The van der Waals surface area contributed by atoms with Crippen molar-refractivity contribution in [3.05, 3.63) is 0 Å². The zero-order chi connectivity index (χ0) is 5.91. The molecule has 0 aromatic heterocycles. The van der Waals surface area contributed by atoms with E-state index in [9.17, 15) is 0 Å². The molecule has 0 aliphatic carbocycles. The van der Waals surface area contributed by atoms with E-state index in [0.29, 0.717) is 5.16 Å². The molecule has 44 valence electrons. The second-order valence-electron chi connectivity index (χ2n) is 2.33. The van der Waals surface area contributed by atoms with Gasteiger partial charge < -0.3 is 0 Å². The van der Waals surface area contributed by atoms with Gasteiger partial charge in [-0.05, 0) is 18.9 Å². The summed E-state index contributed by atoms with van der Waals surface area (Å²) in [5, 5.41) is 0.528. The molecule has 1 atom stereocenters. The lowest BCUT2D eigenvalue weighted by Gasteiger charge is -2.17. The average molecular weight is 183 g/mol. The van der Waals surface area contributed by atoms with E-state index in [1.165, 1.54) is 6.42 Å². The molecule has 0 saturated heterocycles. The molecule has 0 aliphatic heterocycles. The number of halogens is 1. The van der Waals surface area contributed by atoms with Gasteiger partial charge in [-0.2, -0.15) is 0 Å². The maximum Gasteiger partial charge on any atom is -0.00829 e. The quantitative estimate of drug-likeness (QED) is 0.576. The van der Waals surface area contributed by atoms with Crippen LogP contribution in [0.1, 0.15) is 27.2 Å². The lowest BCUT2D eigenvalue weighted by Crippen LogP contribution is -2.06. The van der Waals surface area contributed by atoms with E-state index < -0.39 is 0 Å². The maximum absolute atomic E-state index is 3.46. The van der Waals surface area contributed by atoms with Crippen LogP contribution in [0.5, 0.6) is 0 Å². The van der Waals surface area contributed by atoms with Gasteiger partial charge >= 0.3 is 0 Å². The molecule has 0 spiro atoms. The summed E-state index contributed by atoms with van der Waals surface area (Å²) >= 11 is 3.46. The molecule has 0 aromatic carbocycles. The van der Waals surface area contributed by atoms with Gasteiger partial charge in [-0.25, -0.2) is 0 Å². The Morgan fingerprint density at radius 1 is 1.57 bits per heavy atom. The summed E-state index contributed by atoms with van der Waals surface area (Å²) in [5.41, 5.74) is 0. The van der Waals surface area contributed by atoms with Crippen LogP contribution in [0.4, 0.5) is 0 Å². The Morgan fingerprint density at radius 3 is 2.00 bits per heavy atom. The van der Waals surface area contributed by atoms with Crippen LogP contribution in [0.15, 0.2) is 0 Å². The fourth-order valence-corrected chi connectivity index (χ4v) is 1.04. The molecule has 0 aromatic rings. The molecule has 7 heavy (non-hydrogen) atoms. The highest BCUT2D eigenvalue weighted by atomic mass is 79.9. The third kappa shape index (κ3) is 3.49. The second kappa shape index (κ2) is 3.04. The van der Waals surface area contributed by atoms with E-state index in [-0.39, 0.29) is 0 Å². The van der Waals surface area contributed by atoms with E-state index in [1.54, 1.807) is 0 Å². The van der Waals surface area contributed by atoms with Crippen molar-refractivity contribution < 1.29 is 0 Å². The Hall–Kier alpha value is 0.910. The third-order valence-electron chi connectivity index (χ3n) is 1.14. The van der Waals surface area contributed by atoms with Crippen molar-refractivity contribution in [2.45, 2.75) is 32.3 Å².